The van der Waals surface area contributed by atoms with Crippen LogP contribution in [0.2, 0.25) is 0 Å². The number of benzene rings is 2. The lowest BCUT2D eigenvalue weighted by Crippen LogP contribution is -2.35. The van der Waals surface area contributed by atoms with E-state index in [1.54, 1.807) is 12.1 Å². The van der Waals surface area contributed by atoms with Gasteiger partial charge in [-0.2, -0.15) is 0 Å². The van der Waals surface area contributed by atoms with Gasteiger partial charge in [-0.25, -0.2) is 0 Å². The topological polar surface area (TPSA) is 80.5 Å². The lowest BCUT2D eigenvalue weighted by atomic mass is 9.74. The number of unbranched alkanes of at least 4 members (excludes halogenated alkanes) is 1. The van der Waals surface area contributed by atoms with Crippen LogP contribution in [0.25, 0.3) is 5.70 Å². The third-order valence-electron chi connectivity index (χ3n) is 6.70. The highest BCUT2D eigenvalue weighted by Gasteiger charge is 2.46. The van der Waals surface area contributed by atoms with Crippen LogP contribution >= 0.6 is 0 Å². The number of allylic oxidation sites excluding steroid dienone is 3. The molecule has 0 aromatic heterocycles. The Morgan fingerprint density at radius 2 is 1.72 bits per heavy atom. The molecule has 1 unspecified atom stereocenters. The second-order valence-corrected chi connectivity index (χ2v) is 8.56. The molecule has 5 rings (SSSR count). The molecule has 0 N–H and O–H groups in total. The first-order valence-electron chi connectivity index (χ1n) is 11.2. The molecule has 2 aliphatic carbocycles. The fourth-order valence-corrected chi connectivity index (χ4v) is 5.26. The van der Waals surface area contributed by atoms with Crippen molar-refractivity contribution in [3.8, 4) is 0 Å². The minimum atomic E-state index is -0.494. The number of nitro groups is 1. The van der Waals surface area contributed by atoms with Gasteiger partial charge in [0.15, 0.2) is 11.6 Å². The van der Waals surface area contributed by atoms with E-state index in [0.717, 1.165) is 54.7 Å². The van der Waals surface area contributed by atoms with Crippen molar-refractivity contribution in [2.24, 2.45) is 0 Å². The summed E-state index contributed by atoms with van der Waals surface area (Å²) in [4.78, 5) is 39.9. The number of hydrogen-bond donors (Lipinski definition) is 0. The van der Waals surface area contributed by atoms with Gasteiger partial charge in [0.05, 0.1) is 10.6 Å². The number of hydrogen-bond acceptors (Lipinski definition) is 5. The van der Waals surface area contributed by atoms with Gasteiger partial charge in [-0.1, -0.05) is 49.7 Å². The number of ketones is 2. The molecule has 0 bridgehead atoms. The minimum Gasteiger partial charge on any atom is -0.344 e. The van der Waals surface area contributed by atoms with Crippen LogP contribution in [-0.2, 0) is 4.79 Å². The zero-order valence-electron chi connectivity index (χ0n) is 18.0. The number of nitro benzene ring substituents is 1. The van der Waals surface area contributed by atoms with Gasteiger partial charge < -0.3 is 4.90 Å². The quantitative estimate of drug-likeness (QED) is 0.470. The highest BCUT2D eigenvalue weighted by atomic mass is 16.6. The molecule has 2 aromatic carbocycles. The molecule has 1 atom stereocenters. The van der Waals surface area contributed by atoms with Gasteiger partial charge in [0.25, 0.3) is 5.69 Å². The largest absolute Gasteiger partial charge is 0.344 e. The molecule has 162 valence electrons. The fraction of sp³-hybridized carbons (Fsp3) is 0.308. The molecule has 0 spiro atoms. The van der Waals surface area contributed by atoms with Crippen LogP contribution < -0.4 is 0 Å². The molecule has 32 heavy (non-hydrogen) atoms. The second-order valence-electron chi connectivity index (χ2n) is 8.56. The zero-order chi connectivity index (χ0) is 22.4. The van der Waals surface area contributed by atoms with Crippen LogP contribution in [0.3, 0.4) is 0 Å². The lowest BCUT2D eigenvalue weighted by molar-refractivity contribution is -0.384. The molecule has 0 radical (unpaired) electrons. The molecule has 6 nitrogen and oxygen atoms in total. The second kappa shape index (κ2) is 7.86. The van der Waals surface area contributed by atoms with Crippen LogP contribution in [-0.4, -0.2) is 27.9 Å². The Kier molecular flexibility index (Phi) is 5.00. The van der Waals surface area contributed by atoms with E-state index in [4.69, 9.17) is 0 Å². The van der Waals surface area contributed by atoms with Crippen molar-refractivity contribution in [1.29, 1.82) is 0 Å². The van der Waals surface area contributed by atoms with E-state index < -0.39 is 10.8 Å². The summed E-state index contributed by atoms with van der Waals surface area (Å²) in [6, 6.07) is 13.9. The highest BCUT2D eigenvalue weighted by molar-refractivity contribution is 6.23. The molecule has 3 aliphatic rings. The molecule has 6 heteroatoms. The first kappa shape index (κ1) is 20.4. The van der Waals surface area contributed by atoms with Crippen molar-refractivity contribution in [1.82, 2.24) is 4.90 Å². The van der Waals surface area contributed by atoms with Gasteiger partial charge in [-0.15, -0.1) is 0 Å². The van der Waals surface area contributed by atoms with Gasteiger partial charge in [-0.05, 0) is 24.8 Å². The summed E-state index contributed by atoms with van der Waals surface area (Å²) in [7, 11) is 0. The standard InChI is InChI=1S/C26H24N2O4/c1-2-3-15-27-20-9-6-10-21(29)23(20)22(16-11-13-17(14-12-16)28(31)32)24-25(27)18-7-4-5-8-19(18)26(24)30/h4-5,7-8,11-14,22H,2-3,6,9-10,15H2,1H3. The normalized spacial score (nSPS) is 19.8. The summed E-state index contributed by atoms with van der Waals surface area (Å²) in [5.41, 5.74) is 5.58. The molecular formula is C26H24N2O4. The first-order chi connectivity index (χ1) is 15.5. The molecular weight excluding hydrogens is 404 g/mol. The number of carbonyl (C=O) groups is 2. The molecule has 2 aromatic rings. The third kappa shape index (κ3) is 3.01. The van der Waals surface area contributed by atoms with E-state index >= 15 is 0 Å². The predicted molar refractivity (Wildman–Crippen MR) is 121 cm³/mol. The van der Waals surface area contributed by atoms with Crippen molar-refractivity contribution >= 4 is 23.0 Å². The van der Waals surface area contributed by atoms with Crippen LogP contribution in [0.4, 0.5) is 5.69 Å². The van der Waals surface area contributed by atoms with Crippen molar-refractivity contribution in [3.05, 3.63) is 92.2 Å². The summed E-state index contributed by atoms with van der Waals surface area (Å²) in [6.07, 6.45) is 4.03. The molecule has 0 amide bonds. The fourth-order valence-electron chi connectivity index (χ4n) is 5.26. The minimum absolute atomic E-state index is 0.00598. The predicted octanol–water partition coefficient (Wildman–Crippen LogP) is 5.41. The molecule has 0 saturated heterocycles. The van der Waals surface area contributed by atoms with E-state index in [0.29, 0.717) is 23.1 Å². The molecule has 0 fully saturated rings. The number of nitrogens with zero attached hydrogens (tertiary/aromatic N) is 2. The van der Waals surface area contributed by atoms with E-state index in [1.165, 1.54) is 12.1 Å². The lowest BCUT2D eigenvalue weighted by Gasteiger charge is -2.40. The van der Waals surface area contributed by atoms with Crippen molar-refractivity contribution < 1.29 is 14.5 Å². The smallest absolute Gasteiger partial charge is 0.269 e. The monoisotopic (exact) mass is 428 g/mol. The third-order valence-corrected chi connectivity index (χ3v) is 6.70. The van der Waals surface area contributed by atoms with E-state index in [9.17, 15) is 19.7 Å². The van der Waals surface area contributed by atoms with E-state index in [2.05, 4.69) is 11.8 Å². The first-order valence-corrected chi connectivity index (χ1v) is 11.2. The number of rotatable bonds is 5. The van der Waals surface area contributed by atoms with Gasteiger partial charge in [0.2, 0.25) is 0 Å². The molecule has 0 saturated carbocycles. The average molecular weight is 428 g/mol. The molecule has 1 heterocycles. The highest BCUT2D eigenvalue weighted by Crippen LogP contribution is 2.52. The SMILES string of the molecule is CCCCN1C2=C(C(=O)CCC2)C(c2ccc([N+](=O)[O-])cc2)C2=C1c1ccccc1C2=O. The number of carbonyl (C=O) groups excluding carboxylic acids is 2. The Balaban J connectivity index is 1.75. The maximum atomic E-state index is 13.7. The van der Waals surface area contributed by atoms with Crippen LogP contribution in [0.15, 0.2) is 65.4 Å². The molecule has 1 aliphatic heterocycles. The zero-order valence-corrected chi connectivity index (χ0v) is 18.0. The van der Waals surface area contributed by atoms with Crippen LogP contribution in [0.1, 0.15) is 66.4 Å². The van der Waals surface area contributed by atoms with Crippen molar-refractivity contribution in [2.75, 3.05) is 6.54 Å². The van der Waals surface area contributed by atoms with Gasteiger partial charge in [0.1, 0.15) is 0 Å². The summed E-state index contributed by atoms with van der Waals surface area (Å²) >= 11 is 0. The maximum absolute atomic E-state index is 13.7. The van der Waals surface area contributed by atoms with Gasteiger partial charge >= 0.3 is 0 Å². The number of fused-ring (bicyclic) bond motifs is 2. The van der Waals surface area contributed by atoms with Crippen LogP contribution in [0.5, 0.6) is 0 Å². The average Bonchev–Trinajstić information content (AvgIpc) is 3.10. The summed E-state index contributed by atoms with van der Waals surface area (Å²) < 4.78 is 0. The summed E-state index contributed by atoms with van der Waals surface area (Å²) in [5.74, 6) is -0.469. The Morgan fingerprint density at radius 3 is 2.41 bits per heavy atom. The van der Waals surface area contributed by atoms with Crippen molar-refractivity contribution in [3.63, 3.8) is 0 Å². The maximum Gasteiger partial charge on any atom is 0.269 e. The Hall–Kier alpha value is -3.54. The Bertz CT molecular complexity index is 1210. The Labute approximate surface area is 186 Å². The van der Waals surface area contributed by atoms with Gasteiger partial charge in [-0.3, -0.25) is 19.7 Å². The Morgan fingerprint density at radius 1 is 1.00 bits per heavy atom. The van der Waals surface area contributed by atoms with Crippen LogP contribution in [0, 0.1) is 10.1 Å². The number of Topliss-reactive ketones (excluding diaryl/α,β-unsaturated/α-hetero) is 2. The number of non-ortho nitro benzene ring substituents is 1. The van der Waals surface area contributed by atoms with Crippen molar-refractivity contribution in [2.45, 2.75) is 44.9 Å². The van der Waals surface area contributed by atoms with E-state index in [-0.39, 0.29) is 17.3 Å². The summed E-state index contributed by atoms with van der Waals surface area (Å²) in [6.45, 7) is 2.89. The van der Waals surface area contributed by atoms with E-state index in [1.807, 2.05) is 24.3 Å². The summed E-state index contributed by atoms with van der Waals surface area (Å²) in [5, 5.41) is 11.2. The van der Waals surface area contributed by atoms with Gasteiger partial charge in [0, 0.05) is 59.0 Å².